The molecule has 0 aromatic heterocycles. The number of hydrogen-bond acceptors (Lipinski definition) is 3. The van der Waals surface area contributed by atoms with Crippen molar-refractivity contribution in [2.75, 3.05) is 46.4 Å². The summed E-state index contributed by atoms with van der Waals surface area (Å²) in [4.78, 5) is 5.72. The normalized spacial score (nSPS) is 19.7. The number of nitrogens with zero attached hydrogens (tertiary/aromatic N) is 2. The number of ether oxygens (including phenoxy) is 1. The minimum absolute atomic E-state index is 0.188. The molecule has 1 unspecified atom stereocenters. The van der Waals surface area contributed by atoms with Crippen LogP contribution in [0.1, 0.15) is 26.2 Å². The predicted molar refractivity (Wildman–Crippen MR) is 81.1 cm³/mol. The van der Waals surface area contributed by atoms with E-state index in [1.54, 1.807) is 0 Å². The molecule has 1 aliphatic rings. The van der Waals surface area contributed by atoms with Crippen LogP contribution in [-0.2, 0) is 4.74 Å². The number of nitrogens with one attached hydrogen (secondary N) is 2. The Morgan fingerprint density at radius 3 is 2.73 bits per heavy atom. The van der Waals surface area contributed by atoms with Crippen LogP contribution in [0.4, 0.5) is 13.2 Å². The van der Waals surface area contributed by atoms with Gasteiger partial charge in [0.05, 0.1) is 19.2 Å². The van der Waals surface area contributed by atoms with Gasteiger partial charge in [0.2, 0.25) is 0 Å². The number of hydrogen-bond donors (Lipinski definition) is 2. The Kier molecular flexibility index (Phi) is 8.55. The number of aliphatic imine (C=N–C) groups is 1. The van der Waals surface area contributed by atoms with Crippen molar-refractivity contribution in [2.45, 2.75) is 38.5 Å². The van der Waals surface area contributed by atoms with Gasteiger partial charge in [-0.3, -0.25) is 9.89 Å². The van der Waals surface area contributed by atoms with Gasteiger partial charge in [-0.2, -0.15) is 13.2 Å². The maximum Gasteiger partial charge on any atom is 0.401 e. The van der Waals surface area contributed by atoms with Gasteiger partial charge in [0.25, 0.3) is 0 Å². The summed E-state index contributed by atoms with van der Waals surface area (Å²) >= 11 is 0. The van der Waals surface area contributed by atoms with Gasteiger partial charge in [-0.05, 0) is 39.8 Å². The van der Waals surface area contributed by atoms with E-state index in [4.69, 9.17) is 4.74 Å². The SMILES string of the molecule is CCNC(=NCC1CCCO1)NCCCN(C)CC(F)(F)F. The fourth-order valence-electron chi connectivity index (χ4n) is 2.26. The van der Waals surface area contributed by atoms with E-state index in [2.05, 4.69) is 15.6 Å². The molecule has 1 saturated heterocycles. The summed E-state index contributed by atoms with van der Waals surface area (Å²) < 4.78 is 42.1. The average Bonchev–Trinajstić information content (AvgIpc) is 2.92. The molecule has 130 valence electrons. The van der Waals surface area contributed by atoms with Crippen molar-refractivity contribution in [1.29, 1.82) is 0 Å². The third kappa shape index (κ3) is 9.09. The molecule has 0 radical (unpaired) electrons. The number of alkyl halides is 3. The molecule has 0 aromatic rings. The Morgan fingerprint density at radius 2 is 2.14 bits per heavy atom. The zero-order valence-corrected chi connectivity index (χ0v) is 13.4. The van der Waals surface area contributed by atoms with E-state index in [1.807, 2.05) is 6.92 Å². The topological polar surface area (TPSA) is 48.9 Å². The van der Waals surface area contributed by atoms with Crippen molar-refractivity contribution >= 4 is 5.96 Å². The first-order valence-electron chi connectivity index (χ1n) is 7.80. The summed E-state index contributed by atoms with van der Waals surface area (Å²) in [5.41, 5.74) is 0. The Balaban J connectivity index is 2.21. The lowest BCUT2D eigenvalue weighted by Gasteiger charge is -2.19. The van der Waals surface area contributed by atoms with Crippen LogP contribution in [0.5, 0.6) is 0 Å². The molecular weight excluding hydrogens is 297 g/mol. The molecular formula is C14H27F3N4O. The predicted octanol–water partition coefficient (Wildman–Crippen LogP) is 1.60. The molecule has 1 aliphatic heterocycles. The lowest BCUT2D eigenvalue weighted by atomic mass is 10.2. The van der Waals surface area contributed by atoms with E-state index in [1.165, 1.54) is 11.9 Å². The highest BCUT2D eigenvalue weighted by molar-refractivity contribution is 5.79. The molecule has 5 nitrogen and oxygen atoms in total. The van der Waals surface area contributed by atoms with Crippen LogP contribution in [0.3, 0.4) is 0 Å². The van der Waals surface area contributed by atoms with Crippen LogP contribution in [0, 0.1) is 0 Å². The Bertz CT molecular complexity index is 331. The number of guanidine groups is 1. The van der Waals surface area contributed by atoms with Gasteiger partial charge in [0.1, 0.15) is 0 Å². The summed E-state index contributed by atoms with van der Waals surface area (Å²) in [6.45, 7) is 4.22. The molecule has 0 saturated carbocycles. The number of halogens is 3. The largest absolute Gasteiger partial charge is 0.401 e. The maximum absolute atomic E-state index is 12.2. The van der Waals surface area contributed by atoms with E-state index in [0.29, 0.717) is 32.0 Å². The molecule has 8 heteroatoms. The minimum Gasteiger partial charge on any atom is -0.376 e. The van der Waals surface area contributed by atoms with E-state index < -0.39 is 12.7 Å². The summed E-state index contributed by atoms with van der Waals surface area (Å²) in [5.74, 6) is 0.691. The Hall–Kier alpha value is -1.02. The van der Waals surface area contributed by atoms with E-state index in [9.17, 15) is 13.2 Å². The Labute approximate surface area is 130 Å². The van der Waals surface area contributed by atoms with Gasteiger partial charge in [0, 0.05) is 19.7 Å². The standard InChI is InChI=1S/C14H27F3N4O/c1-3-18-13(20-10-12-6-4-9-22-12)19-7-5-8-21(2)11-14(15,16)17/h12H,3-11H2,1-2H3,(H2,18,19,20). The smallest absolute Gasteiger partial charge is 0.376 e. The Morgan fingerprint density at radius 1 is 1.36 bits per heavy atom. The molecule has 1 atom stereocenters. The monoisotopic (exact) mass is 324 g/mol. The fourth-order valence-corrected chi connectivity index (χ4v) is 2.26. The quantitative estimate of drug-likeness (QED) is 0.405. The molecule has 0 amide bonds. The van der Waals surface area contributed by atoms with Crippen LogP contribution in [0.25, 0.3) is 0 Å². The molecule has 1 rings (SSSR count). The lowest BCUT2D eigenvalue weighted by molar-refractivity contribution is -0.143. The highest BCUT2D eigenvalue weighted by Crippen LogP contribution is 2.15. The van der Waals surface area contributed by atoms with Crippen molar-refractivity contribution in [3.63, 3.8) is 0 Å². The molecule has 22 heavy (non-hydrogen) atoms. The summed E-state index contributed by atoms with van der Waals surface area (Å²) in [5, 5.41) is 6.26. The van der Waals surface area contributed by atoms with Crippen LogP contribution in [-0.4, -0.2) is 69.5 Å². The first-order chi connectivity index (χ1) is 10.4. The van der Waals surface area contributed by atoms with Crippen molar-refractivity contribution in [3.05, 3.63) is 0 Å². The van der Waals surface area contributed by atoms with E-state index in [-0.39, 0.29) is 6.10 Å². The van der Waals surface area contributed by atoms with Crippen molar-refractivity contribution < 1.29 is 17.9 Å². The van der Waals surface area contributed by atoms with Crippen LogP contribution in [0.15, 0.2) is 4.99 Å². The fraction of sp³-hybridized carbons (Fsp3) is 0.929. The van der Waals surface area contributed by atoms with Gasteiger partial charge in [-0.1, -0.05) is 0 Å². The van der Waals surface area contributed by atoms with Gasteiger partial charge in [-0.15, -0.1) is 0 Å². The summed E-state index contributed by atoms with van der Waals surface area (Å²) in [6, 6.07) is 0. The van der Waals surface area contributed by atoms with E-state index in [0.717, 1.165) is 26.0 Å². The third-order valence-corrected chi connectivity index (χ3v) is 3.28. The molecule has 0 spiro atoms. The summed E-state index contributed by atoms with van der Waals surface area (Å²) in [6.07, 6.45) is -1.22. The van der Waals surface area contributed by atoms with Crippen LogP contribution in [0.2, 0.25) is 0 Å². The minimum atomic E-state index is -4.14. The van der Waals surface area contributed by atoms with Crippen LogP contribution < -0.4 is 10.6 Å². The zero-order chi connectivity index (χ0) is 16.4. The molecule has 1 heterocycles. The van der Waals surface area contributed by atoms with E-state index >= 15 is 0 Å². The van der Waals surface area contributed by atoms with Crippen molar-refractivity contribution in [2.24, 2.45) is 4.99 Å². The summed E-state index contributed by atoms with van der Waals surface area (Å²) in [7, 11) is 1.48. The highest BCUT2D eigenvalue weighted by atomic mass is 19.4. The second kappa shape index (κ2) is 9.89. The molecule has 1 fully saturated rings. The molecule has 0 aliphatic carbocycles. The molecule has 2 N–H and O–H groups in total. The third-order valence-electron chi connectivity index (χ3n) is 3.28. The van der Waals surface area contributed by atoms with Crippen molar-refractivity contribution in [1.82, 2.24) is 15.5 Å². The molecule has 0 aromatic carbocycles. The molecule has 0 bridgehead atoms. The van der Waals surface area contributed by atoms with Gasteiger partial charge in [0.15, 0.2) is 5.96 Å². The van der Waals surface area contributed by atoms with Gasteiger partial charge < -0.3 is 15.4 Å². The first-order valence-corrected chi connectivity index (χ1v) is 7.80. The lowest BCUT2D eigenvalue weighted by Crippen LogP contribution is -2.39. The second-order valence-electron chi connectivity index (χ2n) is 5.49. The zero-order valence-electron chi connectivity index (χ0n) is 13.4. The van der Waals surface area contributed by atoms with Crippen LogP contribution >= 0.6 is 0 Å². The van der Waals surface area contributed by atoms with Gasteiger partial charge >= 0.3 is 6.18 Å². The first kappa shape index (κ1) is 19.0. The second-order valence-corrected chi connectivity index (χ2v) is 5.49. The maximum atomic E-state index is 12.2. The van der Waals surface area contributed by atoms with Crippen molar-refractivity contribution in [3.8, 4) is 0 Å². The van der Waals surface area contributed by atoms with Gasteiger partial charge in [-0.25, -0.2) is 0 Å². The number of rotatable bonds is 8. The average molecular weight is 324 g/mol. The highest BCUT2D eigenvalue weighted by Gasteiger charge is 2.28.